The summed E-state index contributed by atoms with van der Waals surface area (Å²) in [5.74, 6) is -0.0800. The molecule has 1 amide bonds. The molecule has 188 valence electrons. The van der Waals surface area contributed by atoms with Crippen molar-refractivity contribution in [2.24, 2.45) is 5.92 Å². The highest BCUT2D eigenvalue weighted by atomic mass is 32.2. The van der Waals surface area contributed by atoms with Crippen LogP contribution in [0.15, 0.2) is 45.9 Å². The number of rotatable bonds is 5. The minimum Gasteiger partial charge on any atom is -0.463 e. The number of benzene rings is 1. The van der Waals surface area contributed by atoms with E-state index in [1.165, 1.54) is 16.8 Å². The molecule has 2 aromatic heterocycles. The van der Waals surface area contributed by atoms with Gasteiger partial charge >= 0.3 is 0 Å². The summed E-state index contributed by atoms with van der Waals surface area (Å²) in [6, 6.07) is 7.36. The van der Waals surface area contributed by atoms with Crippen LogP contribution in [-0.2, 0) is 15.4 Å². The predicted octanol–water partition coefficient (Wildman–Crippen LogP) is 3.83. The minimum absolute atomic E-state index is 0.0640. The molecule has 1 N–H and O–H groups in total. The van der Waals surface area contributed by atoms with E-state index in [9.17, 15) is 18.0 Å². The molecule has 0 aliphatic carbocycles. The van der Waals surface area contributed by atoms with Gasteiger partial charge in [-0.15, -0.1) is 0 Å². The van der Waals surface area contributed by atoms with E-state index >= 15 is 0 Å². The normalized spacial score (nSPS) is 17.3. The second-order valence-corrected chi connectivity index (χ2v) is 12.6. The lowest BCUT2D eigenvalue weighted by molar-refractivity contribution is 0.0665. The molecule has 0 radical (unpaired) electrons. The number of amides is 1. The van der Waals surface area contributed by atoms with Gasteiger partial charge in [-0.25, -0.2) is 12.7 Å². The third-order valence-electron chi connectivity index (χ3n) is 6.73. The molecule has 1 aliphatic rings. The zero-order chi connectivity index (χ0) is 25.5. The van der Waals surface area contributed by atoms with E-state index < -0.39 is 10.0 Å². The van der Waals surface area contributed by atoms with Crippen molar-refractivity contribution in [2.45, 2.75) is 39.0 Å². The summed E-state index contributed by atoms with van der Waals surface area (Å²) in [6.45, 7) is 7.67. The Morgan fingerprint density at radius 2 is 2.03 bits per heavy atom. The summed E-state index contributed by atoms with van der Waals surface area (Å²) in [6.07, 6.45) is 5.97. The number of aromatic nitrogens is 1. The standard InChI is InChI=1S/C26H33N3O5S/c1-26(2,3)22-13-18(19-9-6-10-27-24(19)30)12-20-21(16-34-23(20)22)25(31)29-11-7-8-17(15-29)14-28(4)35(5,32)33/h6,9-10,12-13,16-17H,7-8,11,14-15H2,1-5H3,(H,27,30). The van der Waals surface area contributed by atoms with Crippen LogP contribution in [0.25, 0.3) is 22.1 Å². The first-order valence-corrected chi connectivity index (χ1v) is 13.7. The van der Waals surface area contributed by atoms with Gasteiger partial charge in [0.1, 0.15) is 11.8 Å². The number of nitrogens with one attached hydrogen (secondary N) is 1. The lowest BCUT2D eigenvalue weighted by Gasteiger charge is -2.34. The van der Waals surface area contributed by atoms with E-state index in [4.69, 9.17) is 4.42 Å². The molecular weight excluding hydrogens is 466 g/mol. The third-order valence-corrected chi connectivity index (χ3v) is 8.01. The molecule has 8 nitrogen and oxygen atoms in total. The summed E-state index contributed by atoms with van der Waals surface area (Å²) in [4.78, 5) is 30.7. The van der Waals surface area contributed by atoms with Crippen LogP contribution in [0.1, 0.15) is 49.5 Å². The lowest BCUT2D eigenvalue weighted by Crippen LogP contribution is -2.44. The van der Waals surface area contributed by atoms with Gasteiger partial charge in [0.2, 0.25) is 10.0 Å². The first-order chi connectivity index (χ1) is 16.4. The predicted molar refractivity (Wildman–Crippen MR) is 137 cm³/mol. The molecule has 1 aromatic carbocycles. The Kier molecular flexibility index (Phi) is 6.68. The maximum Gasteiger partial charge on any atom is 0.257 e. The van der Waals surface area contributed by atoms with Gasteiger partial charge in [0.05, 0.1) is 11.8 Å². The fraction of sp³-hybridized carbons (Fsp3) is 0.462. The summed E-state index contributed by atoms with van der Waals surface area (Å²) in [5.41, 5.74) is 2.79. The molecule has 3 heterocycles. The van der Waals surface area contributed by atoms with E-state index in [2.05, 4.69) is 25.8 Å². The van der Waals surface area contributed by atoms with Crippen LogP contribution in [0.2, 0.25) is 0 Å². The number of H-pyrrole nitrogens is 1. The van der Waals surface area contributed by atoms with Gasteiger partial charge in [-0.2, -0.15) is 0 Å². The Hall–Kier alpha value is -2.91. The van der Waals surface area contributed by atoms with Gasteiger partial charge in [0.25, 0.3) is 11.5 Å². The van der Waals surface area contributed by atoms with Gasteiger partial charge in [0, 0.05) is 49.4 Å². The molecule has 35 heavy (non-hydrogen) atoms. The molecule has 1 atom stereocenters. The van der Waals surface area contributed by atoms with Crippen molar-refractivity contribution in [3.63, 3.8) is 0 Å². The summed E-state index contributed by atoms with van der Waals surface area (Å²) >= 11 is 0. The highest BCUT2D eigenvalue weighted by Crippen LogP contribution is 2.37. The number of hydrogen-bond acceptors (Lipinski definition) is 5. The van der Waals surface area contributed by atoms with Crippen LogP contribution < -0.4 is 5.56 Å². The second kappa shape index (κ2) is 9.28. The van der Waals surface area contributed by atoms with Gasteiger partial charge < -0.3 is 14.3 Å². The number of carbonyl (C=O) groups is 1. The number of sulfonamides is 1. The summed E-state index contributed by atoms with van der Waals surface area (Å²) in [5, 5.41) is 0.677. The van der Waals surface area contributed by atoms with Crippen LogP contribution in [0.3, 0.4) is 0 Å². The average Bonchev–Trinajstić information content (AvgIpc) is 3.21. The molecule has 1 fully saturated rings. The number of nitrogens with zero attached hydrogens (tertiary/aromatic N) is 2. The number of piperidine rings is 1. The molecule has 0 bridgehead atoms. The maximum atomic E-state index is 13.6. The quantitative estimate of drug-likeness (QED) is 0.575. The van der Waals surface area contributed by atoms with E-state index in [1.807, 2.05) is 12.1 Å². The van der Waals surface area contributed by atoms with Gasteiger partial charge in [-0.05, 0) is 54.0 Å². The Bertz CT molecular complexity index is 1410. The van der Waals surface area contributed by atoms with Crippen molar-refractivity contribution in [1.82, 2.24) is 14.2 Å². The van der Waals surface area contributed by atoms with Crippen molar-refractivity contribution in [1.29, 1.82) is 0 Å². The largest absolute Gasteiger partial charge is 0.463 e. The molecular formula is C26H33N3O5S. The number of hydrogen-bond donors (Lipinski definition) is 1. The number of carbonyl (C=O) groups excluding carboxylic acids is 1. The second-order valence-electron chi connectivity index (χ2n) is 10.5. The molecule has 1 unspecified atom stereocenters. The molecule has 1 aliphatic heterocycles. The molecule has 9 heteroatoms. The topological polar surface area (TPSA) is 104 Å². The SMILES string of the molecule is CN(CC1CCCN(C(=O)c2coc3c(C(C)(C)C)cc(-c4ccc[nH]c4=O)cc23)C1)S(C)(=O)=O. The van der Waals surface area contributed by atoms with Crippen molar-refractivity contribution >= 4 is 26.9 Å². The third kappa shape index (κ3) is 5.21. The molecule has 4 rings (SSSR count). The van der Waals surface area contributed by atoms with Crippen LogP contribution in [0.4, 0.5) is 0 Å². The van der Waals surface area contributed by atoms with E-state index in [1.54, 1.807) is 30.3 Å². The first-order valence-electron chi connectivity index (χ1n) is 11.8. The maximum absolute atomic E-state index is 13.6. The number of aromatic amines is 1. The highest BCUT2D eigenvalue weighted by molar-refractivity contribution is 7.88. The Morgan fingerprint density at radius 1 is 1.29 bits per heavy atom. The number of furan rings is 1. The van der Waals surface area contributed by atoms with Crippen molar-refractivity contribution < 1.29 is 17.6 Å². The Morgan fingerprint density at radius 3 is 2.69 bits per heavy atom. The summed E-state index contributed by atoms with van der Waals surface area (Å²) < 4.78 is 31.0. The van der Waals surface area contributed by atoms with Crippen LogP contribution in [0, 0.1) is 5.92 Å². The van der Waals surface area contributed by atoms with Gasteiger partial charge in [0.15, 0.2) is 0 Å². The fourth-order valence-corrected chi connectivity index (χ4v) is 5.21. The molecule has 3 aromatic rings. The van der Waals surface area contributed by atoms with Gasteiger partial charge in [-0.3, -0.25) is 9.59 Å². The zero-order valence-electron chi connectivity index (χ0n) is 20.9. The molecule has 0 spiro atoms. The average molecular weight is 500 g/mol. The van der Waals surface area contributed by atoms with Crippen LogP contribution in [0.5, 0.6) is 0 Å². The lowest BCUT2D eigenvalue weighted by atomic mass is 9.84. The van der Waals surface area contributed by atoms with Gasteiger partial charge in [-0.1, -0.05) is 20.8 Å². The minimum atomic E-state index is -3.28. The molecule has 0 saturated carbocycles. The van der Waals surface area contributed by atoms with Crippen molar-refractivity contribution in [2.75, 3.05) is 32.9 Å². The van der Waals surface area contributed by atoms with Crippen molar-refractivity contribution in [3.05, 3.63) is 58.2 Å². The number of likely N-dealkylation sites (tertiary alicyclic amines) is 1. The van der Waals surface area contributed by atoms with Crippen LogP contribution in [-0.4, -0.2) is 61.5 Å². The summed E-state index contributed by atoms with van der Waals surface area (Å²) in [7, 11) is -1.71. The zero-order valence-corrected chi connectivity index (χ0v) is 21.7. The fourth-order valence-electron chi connectivity index (χ4n) is 4.73. The smallest absolute Gasteiger partial charge is 0.257 e. The number of fused-ring (bicyclic) bond motifs is 1. The van der Waals surface area contributed by atoms with Crippen molar-refractivity contribution in [3.8, 4) is 11.1 Å². The van der Waals surface area contributed by atoms with E-state index in [0.29, 0.717) is 41.7 Å². The Balaban J connectivity index is 1.73. The Labute approximate surface area is 206 Å². The monoisotopic (exact) mass is 499 g/mol. The van der Waals surface area contributed by atoms with Crippen LogP contribution >= 0.6 is 0 Å². The van der Waals surface area contributed by atoms with E-state index in [0.717, 1.165) is 24.0 Å². The highest BCUT2D eigenvalue weighted by Gasteiger charge is 2.30. The molecule has 1 saturated heterocycles. The van der Waals surface area contributed by atoms with E-state index in [-0.39, 0.29) is 22.8 Å². The first kappa shape index (κ1) is 25.2. The number of pyridine rings is 1.